The average Bonchev–Trinajstić information content (AvgIpc) is 3.06. The minimum absolute atomic E-state index is 0.0377. The van der Waals surface area contributed by atoms with E-state index in [1.807, 2.05) is 0 Å². The van der Waals surface area contributed by atoms with Gasteiger partial charge in [0.2, 0.25) is 5.91 Å². The van der Waals surface area contributed by atoms with Gasteiger partial charge in [-0.2, -0.15) is 0 Å². The number of allylic oxidation sites excluding steroid dienone is 9. The number of amides is 1. The number of phosphoric ester groups is 1. The van der Waals surface area contributed by atoms with E-state index in [1.165, 1.54) is 31.8 Å². The van der Waals surface area contributed by atoms with E-state index in [0.717, 1.165) is 77.0 Å². The summed E-state index contributed by atoms with van der Waals surface area (Å²) in [5, 5.41) is 23.8. The lowest BCUT2D eigenvalue weighted by molar-refractivity contribution is -0.124. The van der Waals surface area contributed by atoms with E-state index in [0.29, 0.717) is 12.8 Å². The molecule has 4 unspecified atom stereocenters. The summed E-state index contributed by atoms with van der Waals surface area (Å²) in [5.41, 5.74) is 5.33. The van der Waals surface area contributed by atoms with Crippen LogP contribution < -0.4 is 11.1 Å². The average molecular weight is 697 g/mol. The number of carbonyl (C=O) groups excluding carboxylic acids is 1. The van der Waals surface area contributed by atoms with E-state index in [2.05, 4.69) is 67.8 Å². The summed E-state index contributed by atoms with van der Waals surface area (Å²) in [6.45, 7) is 3.79. The maximum absolute atomic E-state index is 12.7. The van der Waals surface area contributed by atoms with E-state index >= 15 is 0 Å². The number of rotatable bonds is 33. The lowest BCUT2D eigenvalue weighted by Crippen LogP contribution is -2.46. The Bertz CT molecular complexity index is 951. The van der Waals surface area contributed by atoms with Crippen molar-refractivity contribution in [1.29, 1.82) is 0 Å². The summed E-state index contributed by atoms with van der Waals surface area (Å²) in [6.07, 6.45) is 37.4. The fourth-order valence-electron chi connectivity index (χ4n) is 4.77. The Balaban J connectivity index is 4.51. The minimum Gasteiger partial charge on any atom is -0.393 e. The van der Waals surface area contributed by atoms with Gasteiger partial charge in [0.15, 0.2) is 0 Å². The van der Waals surface area contributed by atoms with E-state index in [4.69, 9.17) is 14.8 Å². The standard InChI is InChI=1S/C38H69N2O7P/c1-3-5-7-9-11-13-15-16-17-18-20-21-23-25-27-29-35(41)33-38(43)40-36(34-47-48(44,45)46-32-31-39)37(42)30-28-26-24-22-19-14-12-10-8-6-4-2/h8,10-11,13,16-17,19,22,28,30,35-37,41-42H,3-7,9,12,14-15,18,20-21,23-27,29,31-34,39H2,1-2H3,(H,40,43)(H,44,45)/b10-8+,13-11-,17-16-,22-19+,30-28+. The summed E-state index contributed by atoms with van der Waals surface area (Å²) in [4.78, 5) is 22.6. The molecule has 0 aliphatic heterocycles. The van der Waals surface area contributed by atoms with Crippen LogP contribution in [0.1, 0.15) is 136 Å². The second-order valence-electron chi connectivity index (χ2n) is 12.2. The van der Waals surface area contributed by atoms with E-state index in [-0.39, 0.29) is 19.6 Å². The second-order valence-corrected chi connectivity index (χ2v) is 13.7. The van der Waals surface area contributed by atoms with Crippen molar-refractivity contribution in [2.24, 2.45) is 5.73 Å². The van der Waals surface area contributed by atoms with Gasteiger partial charge in [-0.15, -0.1) is 0 Å². The first-order valence-corrected chi connectivity index (χ1v) is 20.0. The van der Waals surface area contributed by atoms with Gasteiger partial charge in [0, 0.05) is 6.54 Å². The van der Waals surface area contributed by atoms with Crippen LogP contribution in [0.25, 0.3) is 0 Å². The Morgan fingerprint density at radius 2 is 1.29 bits per heavy atom. The van der Waals surface area contributed by atoms with Gasteiger partial charge < -0.3 is 26.2 Å². The number of aliphatic hydroxyl groups excluding tert-OH is 2. The van der Waals surface area contributed by atoms with Gasteiger partial charge in [-0.1, -0.05) is 120 Å². The molecule has 0 fully saturated rings. The number of hydrogen-bond donors (Lipinski definition) is 5. The van der Waals surface area contributed by atoms with Crippen LogP contribution in [0.2, 0.25) is 0 Å². The van der Waals surface area contributed by atoms with Crippen molar-refractivity contribution in [2.45, 2.75) is 154 Å². The summed E-state index contributed by atoms with van der Waals surface area (Å²) in [6, 6.07) is -1.01. The Kier molecular flexibility index (Phi) is 32.4. The lowest BCUT2D eigenvalue weighted by atomic mass is 10.0. The molecule has 0 aliphatic carbocycles. The number of nitrogens with one attached hydrogen (secondary N) is 1. The SMILES string of the molecule is CCC/C=C/CC/C=C/CC/C=C/C(O)C(COP(=O)(O)OCCN)NC(=O)CC(O)CCCCCCC/C=C\C/C=C\CCCCC. The third-order valence-electron chi connectivity index (χ3n) is 7.58. The van der Waals surface area contributed by atoms with Gasteiger partial charge in [-0.05, 0) is 70.6 Å². The quantitative estimate of drug-likeness (QED) is 0.0260. The molecule has 0 aliphatic rings. The Morgan fingerprint density at radius 3 is 1.92 bits per heavy atom. The highest BCUT2D eigenvalue weighted by Crippen LogP contribution is 2.43. The smallest absolute Gasteiger partial charge is 0.393 e. The highest BCUT2D eigenvalue weighted by molar-refractivity contribution is 7.47. The summed E-state index contributed by atoms with van der Waals surface area (Å²) < 4.78 is 21.9. The minimum atomic E-state index is -4.41. The lowest BCUT2D eigenvalue weighted by Gasteiger charge is -2.24. The molecule has 0 radical (unpaired) electrons. The predicted molar refractivity (Wildman–Crippen MR) is 199 cm³/mol. The molecule has 0 aromatic rings. The molecule has 0 aromatic heterocycles. The van der Waals surface area contributed by atoms with Gasteiger partial charge in [0.05, 0.1) is 37.9 Å². The fraction of sp³-hybridized carbons (Fsp3) is 0.711. The Morgan fingerprint density at radius 1 is 0.729 bits per heavy atom. The summed E-state index contributed by atoms with van der Waals surface area (Å²) >= 11 is 0. The number of hydrogen-bond acceptors (Lipinski definition) is 7. The molecule has 4 atom stereocenters. The first kappa shape index (κ1) is 46.2. The highest BCUT2D eigenvalue weighted by atomic mass is 31.2. The van der Waals surface area contributed by atoms with Crippen LogP contribution in [0.3, 0.4) is 0 Å². The summed E-state index contributed by atoms with van der Waals surface area (Å²) in [5.74, 6) is -0.474. The molecule has 10 heteroatoms. The van der Waals surface area contributed by atoms with Gasteiger partial charge in [0.25, 0.3) is 0 Å². The first-order valence-electron chi connectivity index (χ1n) is 18.5. The van der Waals surface area contributed by atoms with E-state index < -0.39 is 38.6 Å². The zero-order valence-electron chi connectivity index (χ0n) is 30.1. The Labute approximate surface area is 292 Å². The van der Waals surface area contributed by atoms with Crippen LogP contribution in [0.4, 0.5) is 0 Å². The zero-order chi connectivity index (χ0) is 35.6. The van der Waals surface area contributed by atoms with E-state index in [9.17, 15) is 24.5 Å². The molecule has 278 valence electrons. The molecular weight excluding hydrogens is 627 g/mol. The fourth-order valence-corrected chi connectivity index (χ4v) is 5.53. The van der Waals surface area contributed by atoms with Crippen LogP contribution in [-0.4, -0.2) is 59.0 Å². The van der Waals surface area contributed by atoms with Gasteiger partial charge in [0.1, 0.15) is 0 Å². The molecule has 0 rings (SSSR count). The largest absolute Gasteiger partial charge is 0.472 e. The van der Waals surface area contributed by atoms with Gasteiger partial charge in [-0.25, -0.2) is 4.57 Å². The van der Waals surface area contributed by atoms with Crippen LogP contribution in [-0.2, 0) is 18.4 Å². The molecule has 0 spiro atoms. The molecular formula is C38H69N2O7P. The van der Waals surface area contributed by atoms with Crippen molar-refractivity contribution in [3.63, 3.8) is 0 Å². The van der Waals surface area contributed by atoms with Crippen molar-refractivity contribution in [3.05, 3.63) is 60.8 Å². The highest BCUT2D eigenvalue weighted by Gasteiger charge is 2.27. The molecule has 0 aromatic carbocycles. The molecule has 48 heavy (non-hydrogen) atoms. The third-order valence-corrected chi connectivity index (χ3v) is 8.56. The molecule has 1 amide bonds. The van der Waals surface area contributed by atoms with Crippen LogP contribution in [0, 0.1) is 0 Å². The molecule has 0 saturated heterocycles. The van der Waals surface area contributed by atoms with Crippen molar-refractivity contribution >= 4 is 13.7 Å². The molecule has 0 saturated carbocycles. The van der Waals surface area contributed by atoms with Crippen molar-refractivity contribution in [3.8, 4) is 0 Å². The van der Waals surface area contributed by atoms with E-state index in [1.54, 1.807) is 6.08 Å². The predicted octanol–water partition coefficient (Wildman–Crippen LogP) is 8.52. The van der Waals surface area contributed by atoms with Crippen molar-refractivity contribution in [2.75, 3.05) is 19.8 Å². The monoisotopic (exact) mass is 696 g/mol. The molecule has 0 heterocycles. The van der Waals surface area contributed by atoms with Crippen LogP contribution in [0.15, 0.2) is 60.8 Å². The maximum atomic E-state index is 12.7. The number of carbonyl (C=O) groups is 1. The van der Waals surface area contributed by atoms with Gasteiger partial charge in [-0.3, -0.25) is 13.8 Å². The van der Waals surface area contributed by atoms with Crippen molar-refractivity contribution in [1.82, 2.24) is 5.32 Å². The Hall–Kier alpha value is -1.84. The maximum Gasteiger partial charge on any atom is 0.472 e. The number of unbranched alkanes of at least 4 members (excludes halogenated alkanes) is 11. The number of phosphoric acid groups is 1. The summed E-state index contributed by atoms with van der Waals surface area (Å²) in [7, 11) is -4.41. The topological polar surface area (TPSA) is 151 Å². The zero-order valence-corrected chi connectivity index (χ0v) is 31.0. The van der Waals surface area contributed by atoms with Gasteiger partial charge >= 0.3 is 7.82 Å². The number of nitrogens with two attached hydrogens (primary N) is 1. The third kappa shape index (κ3) is 31.4. The molecule has 0 bridgehead atoms. The molecule has 9 nitrogen and oxygen atoms in total. The van der Waals surface area contributed by atoms with Crippen LogP contribution >= 0.6 is 7.82 Å². The number of aliphatic hydroxyl groups is 2. The first-order chi connectivity index (χ1) is 23.3. The van der Waals surface area contributed by atoms with Crippen molar-refractivity contribution < 1.29 is 33.5 Å². The normalized spacial score (nSPS) is 15.7. The molecule has 6 N–H and O–H groups in total. The second kappa shape index (κ2) is 33.6. The van der Waals surface area contributed by atoms with Crippen LogP contribution in [0.5, 0.6) is 0 Å².